The molecule has 6 rings (SSSR count). The standard InChI is InChI=1S/C30H31F2N7/c1-36-9-3-4-22(18-36)23-14-25(30-24(15-33)17-35-39(30)19-23)21-7-8-29(34-16-21)38-12-10-37(11-13-38)20-26-27(31)5-2-6-28(26)32/h2,5-8,14,16-17,19,22H,3-4,9-13,18,20H2,1H3. The number of piperazine rings is 1. The number of nitriles is 1. The van der Waals surface area contributed by atoms with Gasteiger partial charge in [0.1, 0.15) is 23.5 Å². The molecule has 39 heavy (non-hydrogen) atoms. The monoisotopic (exact) mass is 527 g/mol. The SMILES string of the molecule is CN1CCCC(c2cc(-c3ccc(N4CCN(Cc5c(F)cccc5F)CC4)nc3)c3c(C#N)cnn3c2)C1. The van der Waals surface area contributed by atoms with Crippen LogP contribution in [0.3, 0.4) is 0 Å². The van der Waals surface area contributed by atoms with Crippen LogP contribution < -0.4 is 4.90 Å². The summed E-state index contributed by atoms with van der Waals surface area (Å²) < 4.78 is 30.0. The normalized spacial score (nSPS) is 18.9. The topological polar surface area (TPSA) is 63.7 Å². The number of halogens is 2. The average molecular weight is 528 g/mol. The van der Waals surface area contributed by atoms with Crippen LogP contribution in [0.4, 0.5) is 14.6 Å². The molecule has 0 saturated carbocycles. The molecule has 200 valence electrons. The van der Waals surface area contributed by atoms with Gasteiger partial charge >= 0.3 is 0 Å². The van der Waals surface area contributed by atoms with Gasteiger partial charge in [-0.2, -0.15) is 10.4 Å². The summed E-state index contributed by atoms with van der Waals surface area (Å²) in [6.07, 6.45) is 7.86. The van der Waals surface area contributed by atoms with E-state index >= 15 is 0 Å². The molecule has 0 radical (unpaired) electrons. The molecule has 0 spiro atoms. The van der Waals surface area contributed by atoms with Gasteiger partial charge in [-0.3, -0.25) is 4.90 Å². The van der Waals surface area contributed by atoms with Crippen LogP contribution in [0.15, 0.2) is 55.0 Å². The van der Waals surface area contributed by atoms with E-state index in [4.69, 9.17) is 4.98 Å². The number of rotatable bonds is 5. The number of likely N-dealkylation sites (tertiary alicyclic amines) is 1. The summed E-state index contributed by atoms with van der Waals surface area (Å²) in [4.78, 5) is 11.4. The number of fused-ring (bicyclic) bond motifs is 1. The van der Waals surface area contributed by atoms with Crippen molar-refractivity contribution < 1.29 is 8.78 Å². The van der Waals surface area contributed by atoms with E-state index in [2.05, 4.69) is 51.2 Å². The molecule has 0 amide bonds. The second kappa shape index (κ2) is 10.7. The van der Waals surface area contributed by atoms with E-state index in [1.807, 2.05) is 16.8 Å². The summed E-state index contributed by atoms with van der Waals surface area (Å²) in [5, 5.41) is 14.2. The van der Waals surface area contributed by atoms with E-state index in [0.29, 0.717) is 24.6 Å². The van der Waals surface area contributed by atoms with Crippen molar-refractivity contribution in [1.82, 2.24) is 24.4 Å². The molecule has 0 bridgehead atoms. The lowest BCUT2D eigenvalue weighted by atomic mass is 9.90. The zero-order valence-corrected chi connectivity index (χ0v) is 22.0. The summed E-state index contributed by atoms with van der Waals surface area (Å²) in [7, 11) is 2.16. The number of anilines is 1. The van der Waals surface area contributed by atoms with E-state index < -0.39 is 11.6 Å². The molecule has 3 aromatic heterocycles. The van der Waals surface area contributed by atoms with Crippen molar-refractivity contribution in [2.24, 2.45) is 0 Å². The van der Waals surface area contributed by atoms with Crippen LogP contribution in [0.5, 0.6) is 0 Å². The van der Waals surface area contributed by atoms with Crippen LogP contribution in [-0.4, -0.2) is 70.7 Å². The Morgan fingerprint density at radius 3 is 2.51 bits per heavy atom. The van der Waals surface area contributed by atoms with Gasteiger partial charge in [0.2, 0.25) is 0 Å². The summed E-state index contributed by atoms with van der Waals surface area (Å²) in [6, 6.07) is 12.6. The number of hydrogen-bond donors (Lipinski definition) is 0. The molecular formula is C30H31F2N7. The van der Waals surface area contributed by atoms with Crippen molar-refractivity contribution in [1.29, 1.82) is 5.26 Å². The van der Waals surface area contributed by atoms with Gasteiger partial charge in [0, 0.05) is 68.4 Å². The average Bonchev–Trinajstić information content (AvgIpc) is 3.38. The summed E-state index contributed by atoms with van der Waals surface area (Å²) in [5.41, 5.74) is 4.60. The third-order valence-electron chi connectivity index (χ3n) is 8.05. The zero-order valence-electron chi connectivity index (χ0n) is 22.0. The molecular weight excluding hydrogens is 496 g/mol. The number of aromatic nitrogens is 3. The maximum absolute atomic E-state index is 14.1. The van der Waals surface area contributed by atoms with Crippen LogP contribution in [0, 0.1) is 23.0 Å². The third kappa shape index (κ3) is 5.10. The zero-order chi connectivity index (χ0) is 26.9. The van der Waals surface area contributed by atoms with Gasteiger partial charge < -0.3 is 9.80 Å². The Bertz CT molecular complexity index is 1500. The first kappa shape index (κ1) is 25.4. The third-order valence-corrected chi connectivity index (χ3v) is 8.05. The highest BCUT2D eigenvalue weighted by atomic mass is 19.1. The lowest BCUT2D eigenvalue weighted by Crippen LogP contribution is -2.46. The van der Waals surface area contributed by atoms with Crippen molar-refractivity contribution in [2.75, 3.05) is 51.2 Å². The number of nitrogens with zero attached hydrogens (tertiary/aromatic N) is 7. The van der Waals surface area contributed by atoms with Gasteiger partial charge in [0.15, 0.2) is 0 Å². The van der Waals surface area contributed by atoms with Gasteiger partial charge in [0.05, 0.1) is 17.3 Å². The van der Waals surface area contributed by atoms with Gasteiger partial charge in [-0.05, 0) is 68.2 Å². The fraction of sp³-hybridized carbons (Fsp3) is 0.367. The van der Waals surface area contributed by atoms with E-state index in [1.54, 1.807) is 6.20 Å². The maximum Gasteiger partial charge on any atom is 0.130 e. The molecule has 2 saturated heterocycles. The Hall–Kier alpha value is -3.87. The lowest BCUT2D eigenvalue weighted by Gasteiger charge is -2.35. The minimum atomic E-state index is -0.499. The highest BCUT2D eigenvalue weighted by molar-refractivity contribution is 5.84. The fourth-order valence-corrected chi connectivity index (χ4v) is 5.88. The van der Waals surface area contributed by atoms with Crippen molar-refractivity contribution in [3.63, 3.8) is 0 Å². The van der Waals surface area contributed by atoms with Crippen molar-refractivity contribution in [3.05, 3.63) is 83.3 Å². The minimum absolute atomic E-state index is 0.124. The van der Waals surface area contributed by atoms with Gasteiger partial charge in [-0.1, -0.05) is 6.07 Å². The molecule has 2 fully saturated rings. The number of likely N-dealkylation sites (N-methyl/N-ethyl adjacent to an activating group) is 1. The van der Waals surface area contributed by atoms with Crippen molar-refractivity contribution >= 4 is 11.3 Å². The molecule has 2 aliphatic heterocycles. The Balaban J connectivity index is 1.21. The first-order valence-electron chi connectivity index (χ1n) is 13.5. The lowest BCUT2D eigenvalue weighted by molar-refractivity contribution is 0.242. The van der Waals surface area contributed by atoms with E-state index in [-0.39, 0.29) is 12.1 Å². The summed E-state index contributed by atoms with van der Waals surface area (Å²) >= 11 is 0. The molecule has 9 heteroatoms. The molecule has 1 aromatic carbocycles. The molecule has 1 unspecified atom stereocenters. The van der Waals surface area contributed by atoms with Gasteiger partial charge in [0.25, 0.3) is 0 Å². The Labute approximate surface area is 226 Å². The van der Waals surface area contributed by atoms with Gasteiger partial charge in [-0.25, -0.2) is 18.3 Å². The Morgan fingerprint density at radius 1 is 1.03 bits per heavy atom. The molecule has 2 aliphatic rings. The second-order valence-corrected chi connectivity index (χ2v) is 10.6. The summed E-state index contributed by atoms with van der Waals surface area (Å²) in [5.74, 6) is 0.288. The van der Waals surface area contributed by atoms with Crippen LogP contribution in [-0.2, 0) is 6.54 Å². The smallest absolute Gasteiger partial charge is 0.130 e. The second-order valence-electron chi connectivity index (χ2n) is 10.6. The molecule has 0 aliphatic carbocycles. The quantitative estimate of drug-likeness (QED) is 0.376. The molecule has 4 aromatic rings. The van der Waals surface area contributed by atoms with Crippen LogP contribution >= 0.6 is 0 Å². The predicted octanol–water partition coefficient (Wildman–Crippen LogP) is 4.68. The van der Waals surface area contributed by atoms with E-state index in [0.717, 1.165) is 61.5 Å². The molecule has 5 heterocycles. The number of pyridine rings is 2. The highest BCUT2D eigenvalue weighted by Gasteiger charge is 2.23. The number of piperidine rings is 1. The van der Waals surface area contributed by atoms with Gasteiger partial charge in [-0.15, -0.1) is 0 Å². The van der Waals surface area contributed by atoms with E-state index in [1.165, 1.54) is 23.8 Å². The van der Waals surface area contributed by atoms with Crippen molar-refractivity contribution in [2.45, 2.75) is 25.3 Å². The summed E-state index contributed by atoms with van der Waals surface area (Å²) in [6.45, 7) is 5.20. The van der Waals surface area contributed by atoms with E-state index in [9.17, 15) is 14.0 Å². The minimum Gasteiger partial charge on any atom is -0.354 e. The predicted molar refractivity (Wildman–Crippen MR) is 146 cm³/mol. The van der Waals surface area contributed by atoms with Crippen LogP contribution in [0.2, 0.25) is 0 Å². The number of hydrogen-bond acceptors (Lipinski definition) is 6. The molecule has 1 atom stereocenters. The Morgan fingerprint density at radius 2 is 1.82 bits per heavy atom. The van der Waals surface area contributed by atoms with Crippen LogP contribution in [0.1, 0.15) is 35.4 Å². The molecule has 7 nitrogen and oxygen atoms in total. The maximum atomic E-state index is 14.1. The van der Waals surface area contributed by atoms with Crippen molar-refractivity contribution in [3.8, 4) is 17.2 Å². The number of benzene rings is 1. The largest absolute Gasteiger partial charge is 0.354 e. The Kier molecular flexibility index (Phi) is 6.98. The molecule has 0 N–H and O–H groups in total. The first-order valence-corrected chi connectivity index (χ1v) is 13.5. The van der Waals surface area contributed by atoms with Crippen LogP contribution in [0.25, 0.3) is 16.6 Å². The highest BCUT2D eigenvalue weighted by Crippen LogP contribution is 2.34. The fourth-order valence-electron chi connectivity index (χ4n) is 5.88. The first-order chi connectivity index (χ1) is 19.0.